The molecule has 3 N–H and O–H groups in total. The summed E-state index contributed by atoms with van der Waals surface area (Å²) < 4.78 is 10.3. The Balaban J connectivity index is 1.18. The molecule has 1 aromatic heterocycles. The number of amidine groups is 1. The summed E-state index contributed by atoms with van der Waals surface area (Å²) in [6.07, 6.45) is 6.59. The standard InChI is InChI=1S/C18H25N5O4/c1-18(5-6-18)20-17(25)27-13-3-2-11(8-13)14-10-15(22-21-14)19-16(24)9-12-4-7-26-23-12/h4,7,11,13-14,21H,2-3,5-6,8-10H2,1H3,(H,20,25)(H,19,22,24)/t11-,13+,14?/m0/s1. The summed E-state index contributed by atoms with van der Waals surface area (Å²) in [7, 11) is 0. The molecule has 0 bridgehead atoms. The number of ether oxygens (including phenoxy) is 1. The number of hydrogen-bond donors (Lipinski definition) is 3. The number of aromatic nitrogens is 1. The molecule has 146 valence electrons. The second-order valence-corrected chi connectivity index (χ2v) is 8.00. The van der Waals surface area contributed by atoms with Crippen LogP contribution in [0.4, 0.5) is 4.79 Å². The number of rotatable bonds is 5. The van der Waals surface area contributed by atoms with E-state index in [-0.39, 0.29) is 36.1 Å². The maximum absolute atomic E-state index is 12.0. The molecule has 1 aromatic rings. The smallest absolute Gasteiger partial charge is 0.407 e. The van der Waals surface area contributed by atoms with Gasteiger partial charge in [-0.3, -0.25) is 4.79 Å². The second-order valence-electron chi connectivity index (χ2n) is 8.00. The Morgan fingerprint density at radius 2 is 2.26 bits per heavy atom. The van der Waals surface area contributed by atoms with Crippen molar-refractivity contribution >= 4 is 17.8 Å². The molecule has 9 nitrogen and oxygen atoms in total. The minimum atomic E-state index is -0.308. The van der Waals surface area contributed by atoms with E-state index < -0.39 is 0 Å². The highest BCUT2D eigenvalue weighted by atomic mass is 16.6. The van der Waals surface area contributed by atoms with Gasteiger partial charge in [-0.15, -0.1) is 0 Å². The molecule has 2 aliphatic carbocycles. The highest BCUT2D eigenvalue weighted by Gasteiger charge is 2.41. The van der Waals surface area contributed by atoms with Gasteiger partial charge in [0.1, 0.15) is 18.2 Å². The third-order valence-corrected chi connectivity index (χ3v) is 5.57. The van der Waals surface area contributed by atoms with Crippen molar-refractivity contribution in [2.75, 3.05) is 0 Å². The summed E-state index contributed by atoms with van der Waals surface area (Å²) in [5.74, 6) is 0.841. The molecule has 9 heteroatoms. The molecule has 0 aromatic carbocycles. The number of alkyl carbamates (subject to hydrolysis) is 1. The normalized spacial score (nSPS) is 28.2. The van der Waals surface area contributed by atoms with Crippen molar-refractivity contribution in [3.05, 3.63) is 18.0 Å². The minimum absolute atomic E-state index is 0.0510. The first-order valence-corrected chi connectivity index (χ1v) is 9.49. The molecule has 0 spiro atoms. The molecule has 1 aliphatic heterocycles. The molecule has 27 heavy (non-hydrogen) atoms. The van der Waals surface area contributed by atoms with Gasteiger partial charge in [-0.05, 0) is 44.9 Å². The topological polar surface area (TPSA) is 118 Å². The van der Waals surface area contributed by atoms with Crippen molar-refractivity contribution in [1.82, 2.24) is 21.2 Å². The largest absolute Gasteiger partial charge is 0.446 e. The zero-order valence-electron chi connectivity index (χ0n) is 15.4. The Labute approximate surface area is 157 Å². The summed E-state index contributed by atoms with van der Waals surface area (Å²) in [5.41, 5.74) is 3.65. The zero-order chi connectivity index (χ0) is 18.9. The van der Waals surface area contributed by atoms with Crippen molar-refractivity contribution in [2.24, 2.45) is 11.0 Å². The number of carbonyl (C=O) groups excluding carboxylic acids is 2. The average Bonchev–Trinajstić information content (AvgIpc) is 3.10. The van der Waals surface area contributed by atoms with E-state index in [4.69, 9.17) is 9.26 Å². The van der Waals surface area contributed by atoms with E-state index >= 15 is 0 Å². The van der Waals surface area contributed by atoms with Crippen LogP contribution >= 0.6 is 0 Å². The fraction of sp³-hybridized carbons (Fsp3) is 0.667. The van der Waals surface area contributed by atoms with Gasteiger partial charge < -0.3 is 25.3 Å². The van der Waals surface area contributed by atoms with Crippen LogP contribution in [-0.4, -0.2) is 40.7 Å². The van der Waals surface area contributed by atoms with Crippen molar-refractivity contribution in [3.63, 3.8) is 0 Å². The van der Waals surface area contributed by atoms with Gasteiger partial charge >= 0.3 is 6.09 Å². The number of hydrazone groups is 1. The van der Waals surface area contributed by atoms with Crippen LogP contribution in [0.25, 0.3) is 0 Å². The monoisotopic (exact) mass is 375 g/mol. The van der Waals surface area contributed by atoms with Gasteiger partial charge in [0.05, 0.1) is 18.2 Å². The van der Waals surface area contributed by atoms with Gasteiger partial charge in [0.15, 0.2) is 0 Å². The number of amides is 2. The molecule has 4 rings (SSSR count). The highest BCUT2D eigenvalue weighted by Crippen LogP contribution is 2.36. The lowest BCUT2D eigenvalue weighted by atomic mass is 9.96. The molecule has 2 amide bonds. The molecule has 2 saturated carbocycles. The average molecular weight is 375 g/mol. The number of carbonyl (C=O) groups is 2. The van der Waals surface area contributed by atoms with Crippen LogP contribution in [0.15, 0.2) is 22.0 Å². The fourth-order valence-electron chi connectivity index (χ4n) is 3.70. The Bertz CT molecular complexity index is 728. The van der Waals surface area contributed by atoms with E-state index in [2.05, 4.69) is 26.3 Å². The summed E-state index contributed by atoms with van der Waals surface area (Å²) in [5, 5.41) is 13.7. The van der Waals surface area contributed by atoms with Crippen LogP contribution in [0.3, 0.4) is 0 Å². The molecule has 2 heterocycles. The molecule has 3 atom stereocenters. The van der Waals surface area contributed by atoms with Crippen LogP contribution in [-0.2, 0) is 16.0 Å². The van der Waals surface area contributed by atoms with E-state index in [1.807, 2.05) is 6.92 Å². The highest BCUT2D eigenvalue weighted by molar-refractivity contribution is 5.99. The summed E-state index contributed by atoms with van der Waals surface area (Å²) in [4.78, 5) is 24.0. The fourth-order valence-corrected chi connectivity index (χ4v) is 3.70. The van der Waals surface area contributed by atoms with Crippen LogP contribution < -0.4 is 16.1 Å². The Morgan fingerprint density at radius 1 is 1.41 bits per heavy atom. The predicted octanol–water partition coefficient (Wildman–Crippen LogP) is 1.46. The Hall–Kier alpha value is -2.58. The SMILES string of the molecule is CC1(NC(=O)O[C@@H]2CC[C@H](C3CC(NC(=O)Cc4ccon4)=NN3)C2)CC1. The molecule has 0 radical (unpaired) electrons. The molecule has 0 saturated heterocycles. The van der Waals surface area contributed by atoms with Crippen LogP contribution in [0.1, 0.15) is 51.1 Å². The lowest BCUT2D eigenvalue weighted by Crippen LogP contribution is -2.37. The Kier molecular flexibility index (Phi) is 4.75. The maximum Gasteiger partial charge on any atom is 0.407 e. The van der Waals surface area contributed by atoms with Gasteiger partial charge in [-0.25, -0.2) is 4.79 Å². The number of nitrogens with zero attached hydrogens (tertiary/aromatic N) is 2. The van der Waals surface area contributed by atoms with Crippen molar-refractivity contribution in [2.45, 2.75) is 69.6 Å². The first kappa shape index (κ1) is 17.8. The van der Waals surface area contributed by atoms with Crippen molar-refractivity contribution in [3.8, 4) is 0 Å². The van der Waals surface area contributed by atoms with Gasteiger partial charge in [0, 0.05) is 18.0 Å². The van der Waals surface area contributed by atoms with E-state index in [1.165, 1.54) is 6.26 Å². The molecule has 3 aliphatic rings. The van der Waals surface area contributed by atoms with Crippen LogP contribution in [0.5, 0.6) is 0 Å². The first-order chi connectivity index (χ1) is 13.0. The second kappa shape index (κ2) is 7.21. The quantitative estimate of drug-likeness (QED) is 0.717. The van der Waals surface area contributed by atoms with Gasteiger partial charge in [0.25, 0.3) is 0 Å². The first-order valence-electron chi connectivity index (χ1n) is 9.49. The number of nitrogens with one attached hydrogen (secondary N) is 3. The van der Waals surface area contributed by atoms with E-state index in [1.54, 1.807) is 6.07 Å². The van der Waals surface area contributed by atoms with E-state index in [9.17, 15) is 9.59 Å². The minimum Gasteiger partial charge on any atom is -0.446 e. The molecular weight excluding hydrogens is 350 g/mol. The third-order valence-electron chi connectivity index (χ3n) is 5.57. The predicted molar refractivity (Wildman–Crippen MR) is 95.7 cm³/mol. The van der Waals surface area contributed by atoms with Crippen LogP contribution in [0.2, 0.25) is 0 Å². The number of hydrogen-bond acceptors (Lipinski definition) is 7. The van der Waals surface area contributed by atoms with Crippen molar-refractivity contribution < 1.29 is 18.8 Å². The summed E-state index contributed by atoms with van der Waals surface area (Å²) in [6.45, 7) is 2.03. The maximum atomic E-state index is 12.0. The van der Waals surface area contributed by atoms with E-state index in [0.29, 0.717) is 23.9 Å². The van der Waals surface area contributed by atoms with Gasteiger partial charge in [-0.1, -0.05) is 5.16 Å². The lowest BCUT2D eigenvalue weighted by molar-refractivity contribution is -0.119. The lowest BCUT2D eigenvalue weighted by Gasteiger charge is -2.19. The third kappa shape index (κ3) is 4.58. The van der Waals surface area contributed by atoms with Crippen molar-refractivity contribution in [1.29, 1.82) is 0 Å². The molecule has 1 unspecified atom stereocenters. The zero-order valence-corrected chi connectivity index (χ0v) is 15.4. The van der Waals surface area contributed by atoms with Gasteiger partial charge in [-0.2, -0.15) is 5.10 Å². The summed E-state index contributed by atoms with van der Waals surface area (Å²) in [6, 6.07) is 1.82. The molecular formula is C18H25N5O4. The van der Waals surface area contributed by atoms with Gasteiger partial charge in [0.2, 0.25) is 5.91 Å². The summed E-state index contributed by atoms with van der Waals surface area (Å²) >= 11 is 0. The Morgan fingerprint density at radius 3 is 3.00 bits per heavy atom. The van der Waals surface area contributed by atoms with Crippen LogP contribution in [0, 0.1) is 5.92 Å². The van der Waals surface area contributed by atoms with E-state index in [0.717, 1.165) is 32.1 Å². The molecule has 2 fully saturated rings.